The number of anilines is 1. The Morgan fingerprint density at radius 1 is 0.860 bits per heavy atom. The van der Waals surface area contributed by atoms with E-state index in [9.17, 15) is 31.5 Å². The number of thiophene rings is 1. The van der Waals surface area contributed by atoms with Crippen LogP contribution in [-0.2, 0) is 26.3 Å². The van der Waals surface area contributed by atoms with Crippen LogP contribution in [0.3, 0.4) is 0 Å². The highest BCUT2D eigenvalue weighted by molar-refractivity contribution is 7.96. The van der Waals surface area contributed by atoms with Crippen molar-refractivity contribution in [2.45, 2.75) is 64.2 Å². The zero-order chi connectivity index (χ0) is 30.4. The maximum absolute atomic E-state index is 13.3. The van der Waals surface area contributed by atoms with E-state index < -0.39 is 31.4 Å². The molecule has 0 saturated heterocycles. The molecule has 9 nitrogen and oxygen atoms in total. The van der Waals surface area contributed by atoms with Gasteiger partial charge < -0.3 is 9.52 Å². The number of hydrogen-bond acceptors (Lipinski definition) is 9. The van der Waals surface area contributed by atoms with Gasteiger partial charge in [-0.2, -0.15) is 0 Å². The first-order valence-corrected chi connectivity index (χ1v) is 17.8. The highest BCUT2D eigenvalue weighted by atomic mass is 32.3. The highest BCUT2D eigenvalue weighted by Gasteiger charge is 2.39. The number of sulfone groups is 1. The van der Waals surface area contributed by atoms with Gasteiger partial charge in [-0.05, 0) is 73.6 Å². The van der Waals surface area contributed by atoms with Crippen molar-refractivity contribution in [1.82, 2.24) is 0 Å². The summed E-state index contributed by atoms with van der Waals surface area (Å²) in [4.78, 5) is 26.3. The van der Waals surface area contributed by atoms with Gasteiger partial charge >= 0.3 is 5.63 Å². The summed E-state index contributed by atoms with van der Waals surface area (Å²) in [5.41, 5.74) is 0.190. The molecular weight excluding hydrogens is 611 g/mol. The van der Waals surface area contributed by atoms with Crippen LogP contribution in [0.5, 0.6) is 5.75 Å². The minimum Gasteiger partial charge on any atom is -0.506 e. The monoisotopic (exact) mass is 639 g/mol. The van der Waals surface area contributed by atoms with Crippen LogP contribution < -0.4 is 10.3 Å². The Kier molecular flexibility index (Phi) is 7.78. The lowest BCUT2D eigenvalue weighted by atomic mass is 9.85. The number of Topliss-reactive ketones (excluding diaryl/α,β-unsaturated/α-hetero) is 1. The van der Waals surface area contributed by atoms with Crippen LogP contribution in [0.25, 0.3) is 0 Å². The largest absolute Gasteiger partial charge is 0.506 e. The molecule has 2 aromatic heterocycles. The maximum Gasteiger partial charge on any atom is 0.343 e. The van der Waals surface area contributed by atoms with E-state index in [-0.39, 0.29) is 59.8 Å². The van der Waals surface area contributed by atoms with Gasteiger partial charge in [-0.15, -0.1) is 11.3 Å². The number of rotatable bonds is 8. The fourth-order valence-corrected chi connectivity index (χ4v) is 9.84. The Labute approximate surface area is 253 Å². The zero-order valence-corrected chi connectivity index (χ0v) is 25.4. The summed E-state index contributed by atoms with van der Waals surface area (Å²) in [7, 11) is -8.05. The number of aryl methyl sites for hydroxylation is 1. The van der Waals surface area contributed by atoms with Crippen molar-refractivity contribution in [2.75, 3.05) is 4.72 Å². The minimum absolute atomic E-state index is 0.00501. The maximum atomic E-state index is 13.3. The number of aromatic hydroxyl groups is 1. The fourth-order valence-electron chi connectivity index (χ4n) is 5.61. The molecule has 1 saturated carbocycles. The second-order valence-corrected chi connectivity index (χ2v) is 16.0. The third kappa shape index (κ3) is 5.78. The number of nitrogens with one attached hydrogen (secondary N) is 1. The van der Waals surface area contributed by atoms with Crippen molar-refractivity contribution >= 4 is 42.7 Å². The van der Waals surface area contributed by atoms with Crippen LogP contribution in [0.2, 0.25) is 0 Å². The molecule has 2 aromatic carbocycles. The lowest BCUT2D eigenvalue weighted by molar-refractivity contribution is 0.0968. The van der Waals surface area contributed by atoms with Crippen molar-refractivity contribution in [1.29, 1.82) is 0 Å². The number of carbonyl (C=O) groups is 1. The molecule has 43 heavy (non-hydrogen) atoms. The molecule has 4 aromatic rings. The fraction of sp³-hybridized carbons (Fsp3) is 0.290. The average Bonchev–Trinajstić information content (AvgIpc) is 3.66. The first kappa shape index (κ1) is 29.3. The molecule has 12 heteroatoms. The van der Waals surface area contributed by atoms with E-state index in [0.717, 1.165) is 25.7 Å². The SMILES string of the molecule is O=C1CCCCCc2oc(=O)c(C(c3cccc(NS(=O)(=O)c4ccc(S(=O)(=O)c5ccccc5)s4)c3)C3CC3)c(O)c21. The molecule has 0 bridgehead atoms. The van der Waals surface area contributed by atoms with E-state index in [1.165, 1.54) is 24.3 Å². The Balaban J connectivity index is 1.33. The summed E-state index contributed by atoms with van der Waals surface area (Å²) in [5, 5.41) is 11.3. The second-order valence-electron chi connectivity index (χ2n) is 10.9. The van der Waals surface area contributed by atoms with Gasteiger partial charge in [0.2, 0.25) is 9.84 Å². The van der Waals surface area contributed by atoms with Gasteiger partial charge in [0.1, 0.15) is 19.9 Å². The molecule has 0 spiro atoms. The summed E-state index contributed by atoms with van der Waals surface area (Å²) >= 11 is 0.646. The normalized spacial score (nSPS) is 16.6. The molecule has 0 aliphatic heterocycles. The number of hydrogen-bond donors (Lipinski definition) is 2. The lowest BCUT2D eigenvalue weighted by Gasteiger charge is -2.21. The second kappa shape index (κ2) is 11.4. The van der Waals surface area contributed by atoms with Gasteiger partial charge in [0.05, 0.1) is 16.0 Å². The highest BCUT2D eigenvalue weighted by Crippen LogP contribution is 2.49. The van der Waals surface area contributed by atoms with E-state index >= 15 is 0 Å². The summed E-state index contributed by atoms with van der Waals surface area (Å²) in [5.74, 6) is -0.972. The first-order chi connectivity index (χ1) is 20.6. The molecule has 1 fully saturated rings. The van der Waals surface area contributed by atoms with Gasteiger partial charge in [0, 0.05) is 24.4 Å². The predicted octanol–water partition coefficient (Wildman–Crippen LogP) is 5.88. The molecule has 1 unspecified atom stereocenters. The van der Waals surface area contributed by atoms with Crippen molar-refractivity contribution in [3.8, 4) is 5.75 Å². The smallest absolute Gasteiger partial charge is 0.343 e. The Hall–Kier alpha value is -3.74. The number of ketones is 1. The van der Waals surface area contributed by atoms with E-state index in [2.05, 4.69) is 4.72 Å². The molecule has 6 rings (SSSR count). The molecule has 224 valence electrons. The van der Waals surface area contributed by atoms with Gasteiger partial charge in [0.15, 0.2) is 5.78 Å². The van der Waals surface area contributed by atoms with Crippen molar-refractivity contribution in [2.24, 2.45) is 5.92 Å². The molecule has 0 radical (unpaired) electrons. The van der Waals surface area contributed by atoms with E-state index in [1.807, 2.05) is 0 Å². The molecule has 2 aliphatic rings. The summed E-state index contributed by atoms with van der Waals surface area (Å²) in [6, 6.07) is 16.8. The Morgan fingerprint density at radius 2 is 1.58 bits per heavy atom. The number of sulfonamides is 1. The van der Waals surface area contributed by atoms with Crippen molar-refractivity contribution in [3.63, 3.8) is 0 Å². The Bertz CT molecular complexity index is 1970. The van der Waals surface area contributed by atoms with Crippen LogP contribution in [0.1, 0.15) is 71.7 Å². The van der Waals surface area contributed by atoms with Crippen LogP contribution in [0.15, 0.2) is 89.3 Å². The number of benzene rings is 2. The van der Waals surface area contributed by atoms with Crippen molar-refractivity contribution in [3.05, 3.63) is 99.6 Å². The summed E-state index contributed by atoms with van der Waals surface area (Å²) in [6.07, 6.45) is 4.52. The van der Waals surface area contributed by atoms with E-state index in [1.54, 1.807) is 42.5 Å². The van der Waals surface area contributed by atoms with Crippen molar-refractivity contribution < 1.29 is 31.2 Å². The van der Waals surface area contributed by atoms with Gasteiger partial charge in [-0.1, -0.05) is 36.8 Å². The van der Waals surface area contributed by atoms with E-state index in [0.29, 0.717) is 29.7 Å². The van der Waals surface area contributed by atoms with Gasteiger partial charge in [-0.25, -0.2) is 21.6 Å². The molecule has 0 amide bonds. The van der Waals surface area contributed by atoms with Gasteiger partial charge in [-0.3, -0.25) is 9.52 Å². The van der Waals surface area contributed by atoms with Gasteiger partial charge in [0.25, 0.3) is 10.0 Å². The number of carbonyl (C=O) groups excluding carboxylic acids is 1. The molecule has 2 N–H and O–H groups in total. The lowest BCUT2D eigenvalue weighted by Crippen LogP contribution is -2.21. The quantitative estimate of drug-likeness (QED) is 0.243. The zero-order valence-electron chi connectivity index (χ0n) is 23.0. The molecule has 1 atom stereocenters. The molecule has 2 aliphatic carbocycles. The molecular formula is C31H29NO8S3. The van der Waals surface area contributed by atoms with Crippen LogP contribution in [0.4, 0.5) is 5.69 Å². The van der Waals surface area contributed by atoms with Crippen LogP contribution in [0, 0.1) is 5.92 Å². The van der Waals surface area contributed by atoms with E-state index in [4.69, 9.17) is 4.42 Å². The topological polar surface area (TPSA) is 148 Å². The van der Waals surface area contributed by atoms with Crippen LogP contribution >= 0.6 is 11.3 Å². The predicted molar refractivity (Wildman–Crippen MR) is 161 cm³/mol. The summed E-state index contributed by atoms with van der Waals surface area (Å²) < 4.78 is 60.4. The summed E-state index contributed by atoms with van der Waals surface area (Å²) in [6.45, 7) is 0. The minimum atomic E-state index is -4.16. The average molecular weight is 640 g/mol. The molecule has 2 heterocycles. The van der Waals surface area contributed by atoms with Crippen LogP contribution in [-0.4, -0.2) is 27.7 Å². The number of fused-ring (bicyclic) bond motifs is 1. The third-order valence-electron chi connectivity index (χ3n) is 7.84. The Morgan fingerprint density at radius 3 is 2.33 bits per heavy atom. The third-order valence-corrected chi connectivity index (χ3v) is 13.1. The standard InChI is InChI=1S/C31H29NO8S3/c33-23-12-5-2-6-13-24-28(23)30(34)29(31(35)40-24)27(19-14-15-19)20-8-7-9-21(18-20)32-43(38,39)26-17-16-25(41-26)42(36,37)22-10-3-1-4-11-22/h1,3-4,7-11,16-19,27,32,34H,2,5-6,12-15H2. The first-order valence-electron chi connectivity index (χ1n) is 14.0.